The van der Waals surface area contributed by atoms with Gasteiger partial charge in [-0.1, -0.05) is 84.9 Å². The van der Waals surface area contributed by atoms with E-state index in [2.05, 4.69) is 0 Å². The first-order chi connectivity index (χ1) is 14.0. The Balaban J connectivity index is 1.86. The van der Waals surface area contributed by atoms with Gasteiger partial charge in [-0.25, -0.2) is 0 Å². The molecule has 1 amide bonds. The van der Waals surface area contributed by atoms with Crippen molar-refractivity contribution < 1.29 is 9.90 Å². The number of likely N-dealkylation sites (N-methyl/N-ethyl adjacent to an activating group) is 1. The summed E-state index contributed by atoms with van der Waals surface area (Å²) in [5, 5.41) is 11.1. The molecular formula is C25H28N2O2. The van der Waals surface area contributed by atoms with E-state index in [0.29, 0.717) is 6.42 Å². The molecule has 0 aliphatic rings. The number of aryl methyl sites for hydroxylation is 1. The van der Waals surface area contributed by atoms with Gasteiger partial charge in [0.25, 0.3) is 0 Å². The van der Waals surface area contributed by atoms with E-state index in [1.54, 1.807) is 11.9 Å². The van der Waals surface area contributed by atoms with Crippen molar-refractivity contribution in [2.45, 2.75) is 31.5 Å². The average Bonchev–Trinajstić information content (AvgIpc) is 2.76. The summed E-state index contributed by atoms with van der Waals surface area (Å²) in [6.07, 6.45) is -0.406. The smallest absolute Gasteiger partial charge is 0.240 e. The molecule has 3 N–H and O–H groups in total. The Labute approximate surface area is 172 Å². The minimum Gasteiger partial charge on any atom is -0.386 e. The molecule has 3 atom stereocenters. The van der Waals surface area contributed by atoms with Crippen molar-refractivity contribution in [3.8, 4) is 0 Å². The van der Waals surface area contributed by atoms with Crippen LogP contribution < -0.4 is 5.73 Å². The third kappa shape index (κ3) is 4.91. The van der Waals surface area contributed by atoms with Gasteiger partial charge in [0.1, 0.15) is 6.10 Å². The molecule has 3 aromatic carbocycles. The largest absolute Gasteiger partial charge is 0.386 e. The fourth-order valence-electron chi connectivity index (χ4n) is 3.66. The van der Waals surface area contributed by atoms with E-state index < -0.39 is 18.2 Å². The van der Waals surface area contributed by atoms with Crippen molar-refractivity contribution in [2.24, 2.45) is 5.73 Å². The summed E-state index contributed by atoms with van der Waals surface area (Å²) in [7, 11) is 1.71. The number of aliphatic hydroxyl groups excluding tert-OH is 1. The highest BCUT2D eigenvalue weighted by atomic mass is 16.3. The van der Waals surface area contributed by atoms with E-state index >= 15 is 0 Å². The van der Waals surface area contributed by atoms with E-state index in [9.17, 15) is 9.90 Å². The second kappa shape index (κ2) is 9.50. The van der Waals surface area contributed by atoms with Crippen LogP contribution in [0.5, 0.6) is 0 Å². The Hall–Kier alpha value is -2.95. The highest BCUT2D eigenvalue weighted by Gasteiger charge is 2.32. The number of hydrogen-bond donors (Lipinski definition) is 2. The predicted molar refractivity (Wildman–Crippen MR) is 116 cm³/mol. The summed E-state index contributed by atoms with van der Waals surface area (Å²) in [6, 6.07) is 25.7. The maximum atomic E-state index is 13.2. The van der Waals surface area contributed by atoms with E-state index in [4.69, 9.17) is 5.73 Å². The summed E-state index contributed by atoms with van der Waals surface area (Å²) < 4.78 is 0. The van der Waals surface area contributed by atoms with Crippen LogP contribution in [-0.4, -0.2) is 29.0 Å². The molecule has 0 aliphatic carbocycles. The summed E-state index contributed by atoms with van der Waals surface area (Å²) in [4.78, 5) is 14.8. The Morgan fingerprint density at radius 1 is 0.897 bits per heavy atom. The SMILES string of the molecule is Cc1ccccc1C[C@H](N)C(=O)N(C)[C@@H](c1ccccc1)[C@@H](O)c1ccccc1. The predicted octanol–water partition coefficient (Wildman–Crippen LogP) is 3.80. The number of nitrogens with two attached hydrogens (primary N) is 1. The Bertz CT molecular complexity index is 928. The lowest BCUT2D eigenvalue weighted by Crippen LogP contribution is -2.46. The maximum Gasteiger partial charge on any atom is 0.240 e. The molecule has 4 heteroatoms. The molecule has 0 saturated carbocycles. The third-order valence-corrected chi connectivity index (χ3v) is 5.36. The average molecular weight is 389 g/mol. The zero-order valence-corrected chi connectivity index (χ0v) is 16.9. The molecule has 0 saturated heterocycles. The van der Waals surface area contributed by atoms with Gasteiger partial charge < -0.3 is 15.7 Å². The highest BCUT2D eigenvalue weighted by molar-refractivity contribution is 5.82. The number of benzene rings is 3. The number of nitrogens with zero attached hydrogens (tertiary/aromatic N) is 1. The molecule has 0 aromatic heterocycles. The molecule has 0 bridgehead atoms. The van der Waals surface area contributed by atoms with Crippen molar-refractivity contribution in [1.82, 2.24) is 4.90 Å². The Morgan fingerprint density at radius 2 is 1.41 bits per heavy atom. The van der Waals surface area contributed by atoms with Gasteiger partial charge in [0, 0.05) is 7.05 Å². The van der Waals surface area contributed by atoms with E-state index in [1.165, 1.54) is 0 Å². The number of carbonyl (C=O) groups excluding carboxylic acids is 1. The van der Waals surface area contributed by atoms with Gasteiger partial charge >= 0.3 is 0 Å². The first-order valence-corrected chi connectivity index (χ1v) is 9.83. The normalized spacial score (nSPS) is 14.1. The molecule has 0 heterocycles. The lowest BCUT2D eigenvalue weighted by atomic mass is 9.93. The number of aliphatic hydroxyl groups is 1. The van der Waals surface area contributed by atoms with Gasteiger partial charge in [0.05, 0.1) is 12.1 Å². The summed E-state index contributed by atoms with van der Waals surface area (Å²) in [6.45, 7) is 2.02. The molecule has 150 valence electrons. The molecular weight excluding hydrogens is 360 g/mol. The molecule has 4 nitrogen and oxygen atoms in total. The Kier molecular flexibility index (Phi) is 6.81. The van der Waals surface area contributed by atoms with Crippen molar-refractivity contribution in [3.63, 3.8) is 0 Å². The quantitative estimate of drug-likeness (QED) is 0.647. The van der Waals surface area contributed by atoms with Crippen LogP contribution >= 0.6 is 0 Å². The monoisotopic (exact) mass is 388 g/mol. The first kappa shape index (κ1) is 20.8. The molecule has 0 unspecified atom stereocenters. The van der Waals surface area contributed by atoms with Gasteiger partial charge in [-0.3, -0.25) is 4.79 Å². The summed E-state index contributed by atoms with van der Waals surface area (Å²) in [5.74, 6) is -0.197. The standard InChI is InChI=1S/C25H28N2O2/c1-18-11-9-10-16-21(18)17-22(26)25(29)27(2)23(19-12-5-3-6-13-19)24(28)20-14-7-4-8-15-20/h3-16,22-24,28H,17,26H2,1-2H3/t22-,23-,24-/m0/s1. The third-order valence-electron chi connectivity index (χ3n) is 5.36. The van der Waals surface area contributed by atoms with Crippen LogP contribution in [0.25, 0.3) is 0 Å². The molecule has 0 fully saturated rings. The minimum absolute atomic E-state index is 0.197. The molecule has 0 radical (unpaired) electrons. The first-order valence-electron chi connectivity index (χ1n) is 9.83. The molecule has 3 rings (SSSR count). The van der Waals surface area contributed by atoms with Crippen molar-refractivity contribution in [2.75, 3.05) is 7.05 Å². The van der Waals surface area contributed by atoms with Crippen LogP contribution in [0.15, 0.2) is 84.9 Å². The zero-order valence-electron chi connectivity index (χ0n) is 16.9. The molecule has 0 spiro atoms. The Morgan fingerprint density at radius 3 is 2.00 bits per heavy atom. The van der Waals surface area contributed by atoms with Gasteiger partial charge in [-0.2, -0.15) is 0 Å². The molecule has 3 aromatic rings. The second-order valence-corrected chi connectivity index (χ2v) is 7.40. The van der Waals surface area contributed by atoms with Gasteiger partial charge in [-0.05, 0) is 35.6 Å². The van der Waals surface area contributed by atoms with Crippen LogP contribution in [-0.2, 0) is 11.2 Å². The topological polar surface area (TPSA) is 66.6 Å². The second-order valence-electron chi connectivity index (χ2n) is 7.40. The van der Waals surface area contributed by atoms with Gasteiger partial charge in [0.2, 0.25) is 5.91 Å². The fraction of sp³-hybridized carbons (Fsp3) is 0.240. The number of carbonyl (C=O) groups is 1. The molecule has 0 aliphatic heterocycles. The van der Waals surface area contributed by atoms with Crippen LogP contribution in [0.4, 0.5) is 0 Å². The summed E-state index contributed by atoms with van der Waals surface area (Å²) in [5.41, 5.74) is 10.1. The zero-order chi connectivity index (χ0) is 20.8. The maximum absolute atomic E-state index is 13.2. The fourth-order valence-corrected chi connectivity index (χ4v) is 3.66. The van der Waals surface area contributed by atoms with E-state index in [-0.39, 0.29) is 5.91 Å². The van der Waals surface area contributed by atoms with Crippen molar-refractivity contribution in [3.05, 3.63) is 107 Å². The van der Waals surface area contributed by atoms with Crippen molar-refractivity contribution in [1.29, 1.82) is 0 Å². The lowest BCUT2D eigenvalue weighted by molar-refractivity contribution is -0.136. The number of rotatable bonds is 7. The lowest BCUT2D eigenvalue weighted by Gasteiger charge is -2.34. The van der Waals surface area contributed by atoms with Crippen LogP contribution in [0, 0.1) is 6.92 Å². The van der Waals surface area contributed by atoms with Crippen LogP contribution in [0.2, 0.25) is 0 Å². The summed E-state index contributed by atoms with van der Waals surface area (Å²) >= 11 is 0. The minimum atomic E-state index is -0.863. The number of hydrogen-bond acceptors (Lipinski definition) is 3. The van der Waals surface area contributed by atoms with Crippen LogP contribution in [0.3, 0.4) is 0 Å². The van der Waals surface area contributed by atoms with Gasteiger partial charge in [0.15, 0.2) is 0 Å². The van der Waals surface area contributed by atoms with Gasteiger partial charge in [-0.15, -0.1) is 0 Å². The van der Waals surface area contributed by atoms with Crippen molar-refractivity contribution >= 4 is 5.91 Å². The van der Waals surface area contributed by atoms with E-state index in [0.717, 1.165) is 22.3 Å². The van der Waals surface area contributed by atoms with Crippen LogP contribution in [0.1, 0.15) is 34.4 Å². The van der Waals surface area contributed by atoms with E-state index in [1.807, 2.05) is 91.9 Å². The number of amides is 1. The molecule has 29 heavy (non-hydrogen) atoms. The highest BCUT2D eigenvalue weighted by Crippen LogP contribution is 2.33.